The number of methoxy groups -OCH3 is 1. The second-order valence-electron chi connectivity index (χ2n) is 4.95. The maximum Gasteiger partial charge on any atom is 0.136 e. The van der Waals surface area contributed by atoms with Gasteiger partial charge in [0.25, 0.3) is 0 Å². The monoisotopic (exact) mass is 333 g/mol. The van der Waals surface area contributed by atoms with Crippen LogP contribution in [0.4, 0.5) is 5.69 Å². The van der Waals surface area contributed by atoms with Crippen LogP contribution in [0.3, 0.4) is 0 Å². The van der Waals surface area contributed by atoms with Crippen molar-refractivity contribution in [3.8, 4) is 23.1 Å². The zero-order valence-corrected chi connectivity index (χ0v) is 13.9. The van der Waals surface area contributed by atoms with Gasteiger partial charge in [0.1, 0.15) is 22.4 Å². The van der Waals surface area contributed by atoms with Crippen LogP contribution in [0.1, 0.15) is 5.01 Å². The fraction of sp³-hybridized carbons (Fsp3) is 0.0526. The molecule has 1 N–H and O–H groups in total. The average molecular weight is 333 g/mol. The molecule has 3 rings (SSSR count). The van der Waals surface area contributed by atoms with Crippen LogP contribution >= 0.6 is 11.3 Å². The molecule has 0 spiro atoms. The van der Waals surface area contributed by atoms with Gasteiger partial charge in [-0.2, -0.15) is 5.26 Å². The summed E-state index contributed by atoms with van der Waals surface area (Å²) in [5, 5.41) is 15.2. The van der Waals surface area contributed by atoms with Gasteiger partial charge in [-0.05, 0) is 24.3 Å². The molecule has 1 aromatic heterocycles. The molecule has 0 bridgehead atoms. The Morgan fingerprint density at radius 2 is 1.92 bits per heavy atom. The van der Waals surface area contributed by atoms with Gasteiger partial charge in [-0.3, -0.25) is 0 Å². The lowest BCUT2D eigenvalue weighted by Crippen LogP contribution is -1.91. The zero-order chi connectivity index (χ0) is 16.8. The van der Waals surface area contributed by atoms with Crippen molar-refractivity contribution in [3.63, 3.8) is 0 Å². The summed E-state index contributed by atoms with van der Waals surface area (Å²) in [6.07, 6.45) is 1.68. The van der Waals surface area contributed by atoms with Gasteiger partial charge in [0.15, 0.2) is 0 Å². The standard InChI is InChI=1S/C19H15N3OS/c1-23-17-9-7-16(8-10-17)21-12-15(11-20)19-22-18(13-24-19)14-5-3-2-4-6-14/h2-10,12-13,21H,1H3/b15-12-. The molecule has 1 heterocycles. The first kappa shape index (κ1) is 15.8. The number of benzene rings is 2. The van der Waals surface area contributed by atoms with Crippen LogP contribution in [0.2, 0.25) is 0 Å². The number of anilines is 1. The highest BCUT2D eigenvalue weighted by molar-refractivity contribution is 7.11. The number of aromatic nitrogens is 1. The van der Waals surface area contributed by atoms with E-state index in [0.717, 1.165) is 22.7 Å². The maximum absolute atomic E-state index is 9.41. The summed E-state index contributed by atoms with van der Waals surface area (Å²) in [6, 6.07) is 19.6. The summed E-state index contributed by atoms with van der Waals surface area (Å²) in [5.74, 6) is 0.789. The molecule has 24 heavy (non-hydrogen) atoms. The summed E-state index contributed by atoms with van der Waals surface area (Å²) in [6.45, 7) is 0. The summed E-state index contributed by atoms with van der Waals surface area (Å²) in [5.41, 5.74) is 3.29. The Kier molecular flexibility index (Phi) is 4.90. The molecule has 0 amide bonds. The molecule has 5 heteroatoms. The third-order valence-corrected chi connectivity index (χ3v) is 4.27. The van der Waals surface area contributed by atoms with Crippen LogP contribution in [-0.2, 0) is 0 Å². The fourth-order valence-electron chi connectivity index (χ4n) is 2.12. The van der Waals surface area contributed by atoms with E-state index in [4.69, 9.17) is 4.74 Å². The first-order valence-corrected chi connectivity index (χ1v) is 8.20. The summed E-state index contributed by atoms with van der Waals surface area (Å²) < 4.78 is 5.13. The van der Waals surface area contributed by atoms with Gasteiger partial charge in [-0.25, -0.2) is 4.98 Å². The molecule has 0 radical (unpaired) electrons. The first-order chi connectivity index (χ1) is 11.8. The van der Waals surface area contributed by atoms with Gasteiger partial charge in [0.2, 0.25) is 0 Å². The van der Waals surface area contributed by atoms with Crippen molar-refractivity contribution in [2.75, 3.05) is 12.4 Å². The minimum Gasteiger partial charge on any atom is -0.497 e. The predicted molar refractivity (Wildman–Crippen MR) is 97.8 cm³/mol. The number of nitrogens with one attached hydrogen (secondary N) is 1. The highest BCUT2D eigenvalue weighted by Gasteiger charge is 2.08. The highest BCUT2D eigenvalue weighted by Crippen LogP contribution is 2.26. The van der Waals surface area contributed by atoms with E-state index in [1.54, 1.807) is 13.3 Å². The smallest absolute Gasteiger partial charge is 0.136 e. The van der Waals surface area contributed by atoms with E-state index >= 15 is 0 Å². The summed E-state index contributed by atoms with van der Waals surface area (Å²) in [7, 11) is 1.63. The molecule has 0 aliphatic rings. The SMILES string of the molecule is COc1ccc(N/C=C(/C#N)c2nc(-c3ccccc3)cs2)cc1. The predicted octanol–water partition coefficient (Wildman–Crippen LogP) is 4.80. The van der Waals surface area contributed by atoms with Crippen LogP contribution in [0.15, 0.2) is 66.2 Å². The number of nitrogens with zero attached hydrogens (tertiary/aromatic N) is 2. The lowest BCUT2D eigenvalue weighted by Gasteiger charge is -2.03. The Bertz CT molecular complexity index is 877. The van der Waals surface area contributed by atoms with Crippen molar-refractivity contribution in [3.05, 3.63) is 71.2 Å². The molecular weight excluding hydrogens is 318 g/mol. The Hall–Kier alpha value is -3.10. The number of hydrogen-bond acceptors (Lipinski definition) is 5. The van der Waals surface area contributed by atoms with E-state index in [0.29, 0.717) is 10.6 Å². The number of thiazole rings is 1. The zero-order valence-electron chi connectivity index (χ0n) is 13.1. The molecular formula is C19H15N3OS. The van der Waals surface area contributed by atoms with Crippen LogP contribution < -0.4 is 10.1 Å². The van der Waals surface area contributed by atoms with Crippen molar-refractivity contribution in [2.45, 2.75) is 0 Å². The van der Waals surface area contributed by atoms with Crippen LogP contribution in [0, 0.1) is 11.3 Å². The Morgan fingerprint density at radius 3 is 2.58 bits per heavy atom. The van der Waals surface area contributed by atoms with E-state index in [9.17, 15) is 5.26 Å². The molecule has 3 aromatic rings. The van der Waals surface area contributed by atoms with Crippen molar-refractivity contribution in [2.24, 2.45) is 0 Å². The highest BCUT2D eigenvalue weighted by atomic mass is 32.1. The first-order valence-electron chi connectivity index (χ1n) is 7.32. The number of rotatable bonds is 5. The molecule has 118 valence electrons. The van der Waals surface area contributed by atoms with Crippen molar-refractivity contribution in [1.29, 1.82) is 5.26 Å². The quantitative estimate of drug-likeness (QED) is 0.682. The molecule has 4 nitrogen and oxygen atoms in total. The topological polar surface area (TPSA) is 57.9 Å². The largest absolute Gasteiger partial charge is 0.497 e. The molecule has 0 saturated heterocycles. The number of allylic oxidation sites excluding steroid dienone is 1. The lowest BCUT2D eigenvalue weighted by atomic mass is 10.2. The second-order valence-corrected chi connectivity index (χ2v) is 5.80. The third-order valence-electron chi connectivity index (χ3n) is 3.40. The lowest BCUT2D eigenvalue weighted by molar-refractivity contribution is 0.415. The van der Waals surface area contributed by atoms with Gasteiger partial charge in [0.05, 0.1) is 12.8 Å². The van der Waals surface area contributed by atoms with Gasteiger partial charge < -0.3 is 10.1 Å². The summed E-state index contributed by atoms with van der Waals surface area (Å²) >= 11 is 1.46. The average Bonchev–Trinajstić information content (AvgIpc) is 3.13. The van der Waals surface area contributed by atoms with Gasteiger partial charge >= 0.3 is 0 Å². The van der Waals surface area contributed by atoms with Crippen LogP contribution in [0.25, 0.3) is 16.8 Å². The molecule has 0 atom stereocenters. The molecule has 2 aromatic carbocycles. The molecule has 0 saturated carbocycles. The molecule has 0 unspecified atom stereocenters. The normalized spacial score (nSPS) is 10.9. The fourth-order valence-corrected chi connectivity index (χ4v) is 2.92. The van der Waals surface area contributed by atoms with Crippen LogP contribution in [-0.4, -0.2) is 12.1 Å². The number of ether oxygens (including phenoxy) is 1. The third kappa shape index (κ3) is 3.62. The Labute approximate surface area is 144 Å². The van der Waals surface area contributed by atoms with E-state index in [-0.39, 0.29) is 0 Å². The van der Waals surface area contributed by atoms with Crippen molar-refractivity contribution >= 4 is 22.6 Å². The molecule has 0 aliphatic heterocycles. The Balaban J connectivity index is 1.78. The Morgan fingerprint density at radius 1 is 1.17 bits per heavy atom. The van der Waals surface area contributed by atoms with Gasteiger partial charge in [0, 0.05) is 22.8 Å². The number of nitriles is 1. The van der Waals surface area contributed by atoms with E-state index in [2.05, 4.69) is 16.4 Å². The number of hydrogen-bond donors (Lipinski definition) is 1. The van der Waals surface area contributed by atoms with Crippen LogP contribution in [0.5, 0.6) is 5.75 Å². The summed E-state index contributed by atoms with van der Waals surface area (Å²) in [4.78, 5) is 4.56. The van der Waals surface area contributed by atoms with E-state index in [1.165, 1.54) is 11.3 Å². The minimum atomic E-state index is 0.498. The van der Waals surface area contributed by atoms with Crippen molar-refractivity contribution in [1.82, 2.24) is 4.98 Å². The van der Waals surface area contributed by atoms with E-state index in [1.807, 2.05) is 60.0 Å². The molecule has 0 aliphatic carbocycles. The minimum absolute atomic E-state index is 0.498. The van der Waals surface area contributed by atoms with Crippen molar-refractivity contribution < 1.29 is 4.74 Å². The van der Waals surface area contributed by atoms with Gasteiger partial charge in [-0.15, -0.1) is 11.3 Å². The maximum atomic E-state index is 9.41. The molecule has 0 fully saturated rings. The van der Waals surface area contributed by atoms with Gasteiger partial charge in [-0.1, -0.05) is 30.3 Å². The second kappa shape index (κ2) is 7.44. The van der Waals surface area contributed by atoms with E-state index < -0.39 is 0 Å².